The van der Waals surface area contributed by atoms with Gasteiger partial charge in [-0.2, -0.15) is 15.0 Å². The molecule has 0 radical (unpaired) electrons. The lowest BCUT2D eigenvalue weighted by Gasteiger charge is -2.10. The van der Waals surface area contributed by atoms with E-state index in [0.29, 0.717) is 16.9 Å². The van der Waals surface area contributed by atoms with Gasteiger partial charge in [-0.1, -0.05) is 30.3 Å². The van der Waals surface area contributed by atoms with Crippen molar-refractivity contribution in [3.63, 3.8) is 0 Å². The third-order valence-corrected chi connectivity index (χ3v) is 3.90. The molecule has 0 aliphatic rings. The molecule has 0 saturated heterocycles. The molecule has 0 atom stereocenters. The van der Waals surface area contributed by atoms with Crippen molar-refractivity contribution < 1.29 is 10.2 Å². The predicted octanol–water partition coefficient (Wildman–Crippen LogP) is 3.43. The minimum absolute atomic E-state index is 0.0646. The molecule has 1 aromatic heterocycles. The van der Waals surface area contributed by atoms with Gasteiger partial charge in [0.1, 0.15) is 11.5 Å². The molecule has 1 heterocycles. The van der Waals surface area contributed by atoms with Crippen LogP contribution < -0.4 is 11.1 Å². The van der Waals surface area contributed by atoms with E-state index in [-0.39, 0.29) is 23.4 Å². The van der Waals surface area contributed by atoms with Crippen LogP contribution >= 0.6 is 0 Å². The van der Waals surface area contributed by atoms with Crippen molar-refractivity contribution in [3.8, 4) is 22.9 Å². The van der Waals surface area contributed by atoms with Crippen molar-refractivity contribution in [1.82, 2.24) is 15.0 Å². The highest BCUT2D eigenvalue weighted by Crippen LogP contribution is 2.32. The Morgan fingerprint density at radius 1 is 0.808 bits per heavy atom. The van der Waals surface area contributed by atoms with Gasteiger partial charge in [0.05, 0.1) is 0 Å². The molecule has 0 aliphatic carbocycles. The number of hydrogen-bond acceptors (Lipinski definition) is 7. The summed E-state index contributed by atoms with van der Waals surface area (Å²) in [5.41, 5.74) is 7.20. The highest BCUT2D eigenvalue weighted by Gasteiger charge is 2.12. The first-order chi connectivity index (χ1) is 12.6. The van der Waals surface area contributed by atoms with Gasteiger partial charge in [0, 0.05) is 22.7 Å². The molecular formula is C19H15N5O2. The Labute approximate surface area is 148 Å². The van der Waals surface area contributed by atoms with E-state index in [4.69, 9.17) is 5.73 Å². The van der Waals surface area contributed by atoms with Gasteiger partial charge >= 0.3 is 0 Å². The standard InChI is InChI=1S/C19H15N5O2/c20-18-22-17(15-8-9-16(26)14-7-2-1-6-13(14)15)23-19(24-18)21-11-4-3-5-12(25)10-11/h1-10,25-26H,(H3,20,21,22,23,24). The van der Waals surface area contributed by atoms with E-state index in [9.17, 15) is 10.2 Å². The van der Waals surface area contributed by atoms with Gasteiger partial charge < -0.3 is 21.3 Å². The number of fused-ring (bicyclic) bond motifs is 1. The third kappa shape index (κ3) is 2.93. The van der Waals surface area contributed by atoms with Crippen LogP contribution in [0.5, 0.6) is 11.5 Å². The molecule has 0 saturated carbocycles. The number of aromatic nitrogens is 3. The Balaban J connectivity index is 1.81. The van der Waals surface area contributed by atoms with Crippen LogP contribution in [-0.4, -0.2) is 25.2 Å². The molecule has 0 amide bonds. The number of nitrogen functional groups attached to an aromatic ring is 1. The number of benzene rings is 3. The molecule has 0 aliphatic heterocycles. The molecule has 5 N–H and O–H groups in total. The highest BCUT2D eigenvalue weighted by molar-refractivity contribution is 5.98. The second-order valence-corrected chi connectivity index (χ2v) is 5.69. The van der Waals surface area contributed by atoms with E-state index >= 15 is 0 Å². The summed E-state index contributed by atoms with van der Waals surface area (Å²) in [4.78, 5) is 12.8. The maximum Gasteiger partial charge on any atom is 0.232 e. The van der Waals surface area contributed by atoms with Crippen LogP contribution in [0.3, 0.4) is 0 Å². The number of hydrogen-bond donors (Lipinski definition) is 4. The fourth-order valence-corrected chi connectivity index (χ4v) is 2.76. The minimum atomic E-state index is 0.0646. The molecule has 7 nitrogen and oxygen atoms in total. The lowest BCUT2D eigenvalue weighted by molar-refractivity contribution is 0.475. The Morgan fingerprint density at radius 2 is 1.62 bits per heavy atom. The number of nitrogens with one attached hydrogen (secondary N) is 1. The van der Waals surface area contributed by atoms with Gasteiger partial charge in [-0.05, 0) is 29.7 Å². The van der Waals surface area contributed by atoms with Crippen LogP contribution in [0, 0.1) is 0 Å². The lowest BCUT2D eigenvalue weighted by Crippen LogP contribution is -2.05. The topological polar surface area (TPSA) is 117 Å². The lowest BCUT2D eigenvalue weighted by atomic mass is 10.0. The Hall–Kier alpha value is -3.87. The molecule has 3 aromatic carbocycles. The van der Waals surface area contributed by atoms with Gasteiger partial charge in [-0.25, -0.2) is 0 Å². The van der Waals surface area contributed by atoms with E-state index in [1.165, 1.54) is 0 Å². The second-order valence-electron chi connectivity index (χ2n) is 5.69. The molecule has 0 spiro atoms. The molecule has 0 fully saturated rings. The molecule has 7 heteroatoms. The van der Waals surface area contributed by atoms with E-state index in [1.54, 1.807) is 36.4 Å². The monoisotopic (exact) mass is 345 g/mol. The smallest absolute Gasteiger partial charge is 0.232 e. The zero-order valence-corrected chi connectivity index (χ0v) is 13.6. The molecule has 0 bridgehead atoms. The quantitative estimate of drug-likeness (QED) is 0.449. The SMILES string of the molecule is Nc1nc(Nc2cccc(O)c2)nc(-c2ccc(O)c3ccccc23)n1. The Morgan fingerprint density at radius 3 is 2.42 bits per heavy atom. The summed E-state index contributed by atoms with van der Waals surface area (Å²) in [7, 11) is 0. The number of aromatic hydroxyl groups is 2. The van der Waals surface area contributed by atoms with Crippen LogP contribution in [-0.2, 0) is 0 Å². The fraction of sp³-hybridized carbons (Fsp3) is 0. The maximum atomic E-state index is 10.1. The average molecular weight is 345 g/mol. The average Bonchev–Trinajstić information content (AvgIpc) is 2.62. The zero-order chi connectivity index (χ0) is 18.1. The first-order valence-corrected chi connectivity index (χ1v) is 7.89. The number of phenolic OH excluding ortho intramolecular Hbond substituents is 2. The predicted molar refractivity (Wildman–Crippen MR) is 100 cm³/mol. The van der Waals surface area contributed by atoms with E-state index in [1.807, 2.05) is 24.3 Å². The highest BCUT2D eigenvalue weighted by atomic mass is 16.3. The van der Waals surface area contributed by atoms with Crippen molar-refractivity contribution in [1.29, 1.82) is 0 Å². The normalized spacial score (nSPS) is 10.8. The summed E-state index contributed by atoms with van der Waals surface area (Å²) in [6.45, 7) is 0. The van der Waals surface area contributed by atoms with E-state index in [2.05, 4.69) is 20.3 Å². The van der Waals surface area contributed by atoms with Crippen molar-refractivity contribution in [3.05, 3.63) is 60.7 Å². The zero-order valence-electron chi connectivity index (χ0n) is 13.6. The summed E-state index contributed by atoms with van der Waals surface area (Å²) in [5, 5.41) is 24.2. The summed E-state index contributed by atoms with van der Waals surface area (Å²) < 4.78 is 0. The first kappa shape index (κ1) is 15.6. The van der Waals surface area contributed by atoms with Gasteiger partial charge in [-0.3, -0.25) is 0 Å². The first-order valence-electron chi connectivity index (χ1n) is 7.89. The molecule has 26 heavy (non-hydrogen) atoms. The number of nitrogens with two attached hydrogens (primary N) is 1. The molecule has 128 valence electrons. The van der Waals surface area contributed by atoms with E-state index < -0.39 is 0 Å². The van der Waals surface area contributed by atoms with Crippen LogP contribution in [0.15, 0.2) is 60.7 Å². The minimum Gasteiger partial charge on any atom is -0.508 e. The van der Waals surface area contributed by atoms with Crippen LogP contribution in [0.2, 0.25) is 0 Å². The summed E-state index contributed by atoms with van der Waals surface area (Å²) in [5.74, 6) is 1.02. The summed E-state index contributed by atoms with van der Waals surface area (Å²) in [6, 6.07) is 17.4. The maximum absolute atomic E-state index is 10.1. The summed E-state index contributed by atoms with van der Waals surface area (Å²) >= 11 is 0. The number of nitrogens with zero attached hydrogens (tertiary/aromatic N) is 3. The van der Waals surface area contributed by atoms with Gasteiger partial charge in [-0.15, -0.1) is 0 Å². The van der Waals surface area contributed by atoms with Crippen molar-refractivity contribution >= 4 is 28.4 Å². The third-order valence-electron chi connectivity index (χ3n) is 3.90. The molecular weight excluding hydrogens is 330 g/mol. The second kappa shape index (κ2) is 6.21. The molecule has 4 aromatic rings. The largest absolute Gasteiger partial charge is 0.508 e. The molecule has 4 rings (SSSR count). The number of phenols is 2. The van der Waals surface area contributed by atoms with Gasteiger partial charge in [0.15, 0.2) is 5.82 Å². The van der Waals surface area contributed by atoms with Crippen molar-refractivity contribution in [2.45, 2.75) is 0 Å². The van der Waals surface area contributed by atoms with Crippen LogP contribution in [0.4, 0.5) is 17.6 Å². The van der Waals surface area contributed by atoms with Crippen LogP contribution in [0.1, 0.15) is 0 Å². The Bertz CT molecular complexity index is 1110. The van der Waals surface area contributed by atoms with Crippen LogP contribution in [0.25, 0.3) is 22.2 Å². The molecule has 0 unspecified atom stereocenters. The number of rotatable bonds is 3. The number of anilines is 3. The van der Waals surface area contributed by atoms with Gasteiger partial charge in [0.25, 0.3) is 0 Å². The van der Waals surface area contributed by atoms with E-state index in [0.717, 1.165) is 10.9 Å². The van der Waals surface area contributed by atoms with Crippen molar-refractivity contribution in [2.75, 3.05) is 11.1 Å². The van der Waals surface area contributed by atoms with Crippen molar-refractivity contribution in [2.24, 2.45) is 0 Å². The fourth-order valence-electron chi connectivity index (χ4n) is 2.76. The Kier molecular flexibility index (Phi) is 3.74. The van der Waals surface area contributed by atoms with Gasteiger partial charge in [0.2, 0.25) is 11.9 Å². The summed E-state index contributed by atoms with van der Waals surface area (Å²) in [6.07, 6.45) is 0.